The van der Waals surface area contributed by atoms with Gasteiger partial charge in [0, 0.05) is 0 Å². The second-order valence-corrected chi connectivity index (χ2v) is 5.35. The van der Waals surface area contributed by atoms with Gasteiger partial charge in [-0.05, 0) is 31.9 Å². The van der Waals surface area contributed by atoms with Gasteiger partial charge in [0.05, 0.1) is 12.0 Å². The molecule has 7 heteroatoms. The summed E-state index contributed by atoms with van der Waals surface area (Å²) in [7, 11) is 0. The number of hydrogen-bond acceptors (Lipinski definition) is 2. The number of carboxylic acid groups (broad SMARTS) is 1. The van der Waals surface area contributed by atoms with Crippen LogP contribution in [0.1, 0.15) is 31.4 Å². The molecule has 0 aromatic heterocycles. The molecular weight excluding hydrogens is 311 g/mol. The molecule has 1 atom stereocenters. The summed E-state index contributed by atoms with van der Waals surface area (Å²) >= 11 is 0. The number of carbonyl (C=O) groups excluding carboxylic acids is 1. The summed E-state index contributed by atoms with van der Waals surface area (Å²) in [4.78, 5) is 22.9. The molecule has 1 rings (SSSR count). The first-order chi connectivity index (χ1) is 10.6. The minimum atomic E-state index is -4.49. The van der Waals surface area contributed by atoms with Crippen LogP contribution < -0.4 is 5.32 Å². The van der Waals surface area contributed by atoms with Crippen LogP contribution in [0.15, 0.2) is 35.9 Å². The highest BCUT2D eigenvalue weighted by Crippen LogP contribution is 2.29. The highest BCUT2D eigenvalue weighted by Gasteiger charge is 2.30. The molecule has 0 aliphatic heterocycles. The van der Waals surface area contributed by atoms with Gasteiger partial charge in [0.1, 0.15) is 6.04 Å². The van der Waals surface area contributed by atoms with Crippen LogP contribution in [0.25, 0.3) is 0 Å². The Kier molecular flexibility index (Phi) is 6.36. The minimum absolute atomic E-state index is 0.117. The van der Waals surface area contributed by atoms with Crippen LogP contribution in [0.2, 0.25) is 0 Å². The van der Waals surface area contributed by atoms with E-state index in [9.17, 15) is 22.8 Å². The third-order valence-electron chi connectivity index (χ3n) is 3.01. The van der Waals surface area contributed by atoms with Gasteiger partial charge in [-0.2, -0.15) is 13.2 Å². The summed E-state index contributed by atoms with van der Waals surface area (Å²) < 4.78 is 37.8. The lowest BCUT2D eigenvalue weighted by molar-refractivity contribution is -0.141. The second-order valence-electron chi connectivity index (χ2n) is 5.35. The zero-order valence-corrected chi connectivity index (χ0v) is 12.8. The molecule has 0 aliphatic carbocycles. The lowest BCUT2D eigenvalue weighted by Crippen LogP contribution is -2.41. The molecule has 23 heavy (non-hydrogen) atoms. The molecule has 0 aliphatic rings. The van der Waals surface area contributed by atoms with Crippen molar-refractivity contribution < 1.29 is 27.9 Å². The van der Waals surface area contributed by atoms with Crippen molar-refractivity contribution >= 4 is 11.9 Å². The summed E-state index contributed by atoms with van der Waals surface area (Å²) in [5, 5.41) is 11.4. The van der Waals surface area contributed by atoms with E-state index in [1.807, 2.05) is 0 Å². The van der Waals surface area contributed by atoms with Crippen molar-refractivity contribution in [2.45, 2.75) is 38.9 Å². The summed E-state index contributed by atoms with van der Waals surface area (Å²) in [6.07, 6.45) is -3.02. The molecule has 0 fully saturated rings. The fraction of sp³-hybridized carbons (Fsp3) is 0.375. The van der Waals surface area contributed by atoms with Gasteiger partial charge in [0.2, 0.25) is 5.91 Å². The Morgan fingerprint density at radius 2 is 1.96 bits per heavy atom. The van der Waals surface area contributed by atoms with E-state index < -0.39 is 29.7 Å². The summed E-state index contributed by atoms with van der Waals surface area (Å²) in [6, 6.07) is 3.29. The Balaban J connectivity index is 2.75. The van der Waals surface area contributed by atoms with Gasteiger partial charge in [-0.1, -0.05) is 29.8 Å². The van der Waals surface area contributed by atoms with Gasteiger partial charge in [-0.15, -0.1) is 0 Å². The van der Waals surface area contributed by atoms with Crippen LogP contribution in [0.5, 0.6) is 0 Å². The smallest absolute Gasteiger partial charge is 0.416 e. The number of nitrogens with one attached hydrogen (secondary N) is 1. The van der Waals surface area contributed by atoms with Crippen LogP contribution in [0, 0.1) is 0 Å². The van der Waals surface area contributed by atoms with E-state index in [1.165, 1.54) is 12.1 Å². The van der Waals surface area contributed by atoms with Gasteiger partial charge in [-0.3, -0.25) is 4.79 Å². The first-order valence-electron chi connectivity index (χ1n) is 6.91. The lowest BCUT2D eigenvalue weighted by Gasteiger charge is -2.13. The number of rotatable bonds is 6. The monoisotopic (exact) mass is 329 g/mol. The van der Waals surface area contributed by atoms with Crippen LogP contribution >= 0.6 is 0 Å². The molecule has 1 amide bonds. The maximum absolute atomic E-state index is 12.6. The molecule has 126 valence electrons. The number of halogens is 3. The third-order valence-corrected chi connectivity index (χ3v) is 3.01. The fourth-order valence-electron chi connectivity index (χ4n) is 1.86. The van der Waals surface area contributed by atoms with E-state index in [2.05, 4.69) is 5.32 Å². The van der Waals surface area contributed by atoms with Crippen molar-refractivity contribution in [2.24, 2.45) is 0 Å². The number of allylic oxidation sites excluding steroid dienone is 1. The summed E-state index contributed by atoms with van der Waals surface area (Å²) in [5.74, 6) is -1.83. The lowest BCUT2D eigenvalue weighted by atomic mass is 10.1. The number of benzene rings is 1. The van der Waals surface area contributed by atoms with Gasteiger partial charge in [0.25, 0.3) is 0 Å². The van der Waals surface area contributed by atoms with Crippen molar-refractivity contribution in [3.8, 4) is 0 Å². The average molecular weight is 329 g/mol. The minimum Gasteiger partial charge on any atom is -0.480 e. The number of hydrogen-bond donors (Lipinski definition) is 2. The second kappa shape index (κ2) is 7.80. The van der Waals surface area contributed by atoms with E-state index in [4.69, 9.17) is 5.11 Å². The predicted molar refractivity (Wildman–Crippen MR) is 78.8 cm³/mol. The van der Waals surface area contributed by atoms with Gasteiger partial charge in [-0.25, -0.2) is 4.79 Å². The highest BCUT2D eigenvalue weighted by atomic mass is 19.4. The normalized spacial score (nSPS) is 12.4. The zero-order chi connectivity index (χ0) is 17.6. The zero-order valence-electron chi connectivity index (χ0n) is 12.8. The van der Waals surface area contributed by atoms with E-state index >= 15 is 0 Å². The van der Waals surface area contributed by atoms with E-state index in [0.29, 0.717) is 0 Å². The van der Waals surface area contributed by atoms with Crippen molar-refractivity contribution in [2.75, 3.05) is 0 Å². The van der Waals surface area contributed by atoms with Crippen molar-refractivity contribution in [1.82, 2.24) is 5.32 Å². The molecule has 0 heterocycles. The molecule has 0 bridgehead atoms. The average Bonchev–Trinajstić information content (AvgIpc) is 2.42. The fourth-order valence-corrected chi connectivity index (χ4v) is 1.86. The highest BCUT2D eigenvalue weighted by molar-refractivity contribution is 5.85. The van der Waals surface area contributed by atoms with E-state index in [0.717, 1.165) is 17.7 Å². The van der Waals surface area contributed by atoms with Crippen LogP contribution in [0.3, 0.4) is 0 Å². The van der Waals surface area contributed by atoms with Crippen LogP contribution in [0.4, 0.5) is 13.2 Å². The molecule has 0 radical (unpaired) electrons. The van der Waals surface area contributed by atoms with Gasteiger partial charge >= 0.3 is 12.1 Å². The Bertz CT molecular complexity index is 605. The van der Waals surface area contributed by atoms with Crippen molar-refractivity contribution in [3.05, 3.63) is 47.0 Å². The maximum atomic E-state index is 12.6. The number of aliphatic carboxylic acids is 1. The Morgan fingerprint density at radius 3 is 2.48 bits per heavy atom. The number of carbonyl (C=O) groups is 2. The van der Waals surface area contributed by atoms with Crippen LogP contribution in [-0.4, -0.2) is 23.0 Å². The largest absolute Gasteiger partial charge is 0.480 e. The molecule has 4 nitrogen and oxygen atoms in total. The molecule has 2 N–H and O–H groups in total. The standard InChI is InChI=1S/C16H18F3NO3/c1-10(2)6-7-13(15(22)23)20-14(21)9-11-4-3-5-12(8-11)16(17,18)19/h3-6,8,13H,7,9H2,1-2H3,(H,20,21)(H,22,23)/t13-/m0/s1. The molecule has 1 aromatic carbocycles. The van der Waals surface area contributed by atoms with E-state index in [1.54, 1.807) is 19.9 Å². The molecule has 1 aromatic rings. The first kappa shape index (κ1) is 18.7. The molecule has 0 unspecified atom stereocenters. The number of amides is 1. The predicted octanol–water partition coefficient (Wildman–Crippen LogP) is 3.17. The Labute approximate surface area is 132 Å². The van der Waals surface area contributed by atoms with Crippen molar-refractivity contribution in [1.29, 1.82) is 0 Å². The quantitative estimate of drug-likeness (QED) is 0.788. The SMILES string of the molecule is CC(C)=CC[C@H](NC(=O)Cc1cccc(C(F)(F)F)c1)C(=O)O. The molecule has 0 spiro atoms. The topological polar surface area (TPSA) is 66.4 Å². The molecule has 0 saturated carbocycles. The van der Waals surface area contributed by atoms with E-state index in [-0.39, 0.29) is 18.4 Å². The van der Waals surface area contributed by atoms with Crippen molar-refractivity contribution in [3.63, 3.8) is 0 Å². The van der Waals surface area contributed by atoms with Gasteiger partial charge in [0.15, 0.2) is 0 Å². The Morgan fingerprint density at radius 1 is 1.30 bits per heavy atom. The number of carboxylic acids is 1. The molecule has 0 saturated heterocycles. The maximum Gasteiger partial charge on any atom is 0.416 e. The van der Waals surface area contributed by atoms with Gasteiger partial charge < -0.3 is 10.4 Å². The summed E-state index contributed by atoms with van der Waals surface area (Å²) in [5.41, 5.74) is 0.231. The molecular formula is C16H18F3NO3. The third kappa shape index (κ3) is 6.54. The first-order valence-corrected chi connectivity index (χ1v) is 6.91. The van der Waals surface area contributed by atoms with Crippen LogP contribution in [-0.2, 0) is 22.2 Å². The Hall–Kier alpha value is -2.31. The summed E-state index contributed by atoms with van der Waals surface area (Å²) in [6.45, 7) is 3.59. The number of alkyl halides is 3.